The number of benzene rings is 2. The van der Waals surface area contributed by atoms with Crippen LogP contribution in [0.15, 0.2) is 54.1 Å². The molecule has 158 valence electrons. The molecular formula is C25H29NO4. The molecule has 30 heavy (non-hydrogen) atoms. The second-order valence-electron chi connectivity index (χ2n) is 7.69. The summed E-state index contributed by atoms with van der Waals surface area (Å²) in [5, 5.41) is 11.0. The molecule has 1 fully saturated rings. The van der Waals surface area contributed by atoms with E-state index in [-0.39, 0.29) is 11.3 Å². The van der Waals surface area contributed by atoms with Crippen molar-refractivity contribution in [1.82, 2.24) is 4.90 Å². The number of Topliss-reactive ketones (excluding diaryl/α,β-unsaturated/α-hetero) is 1. The maximum atomic E-state index is 13.0. The first-order valence-corrected chi connectivity index (χ1v) is 10.5. The standard InChI is InChI=1S/C25H29NO4/c1-4-5-6-7-16-26-22(18-12-14-20(30-3)15-13-18)21(24(28)25(26)29)23(27)19-10-8-17(2)9-11-19/h8-15,22,27H,4-7,16H2,1-3H3/b23-21+/t22-/m0/s1. The molecule has 0 unspecified atom stereocenters. The number of likely N-dealkylation sites (tertiary alicyclic amines) is 1. The molecule has 2 aromatic carbocycles. The maximum absolute atomic E-state index is 13.0. The molecule has 5 nitrogen and oxygen atoms in total. The van der Waals surface area contributed by atoms with Crippen molar-refractivity contribution in [1.29, 1.82) is 0 Å². The van der Waals surface area contributed by atoms with Crippen molar-refractivity contribution in [3.63, 3.8) is 0 Å². The summed E-state index contributed by atoms with van der Waals surface area (Å²) in [6.45, 7) is 4.56. The SMILES string of the molecule is CCCCCCN1C(=O)C(=O)/C(=C(/O)c2ccc(C)cc2)[C@@H]1c1ccc(OC)cc1. The summed E-state index contributed by atoms with van der Waals surface area (Å²) < 4.78 is 5.24. The lowest BCUT2D eigenvalue weighted by atomic mass is 9.95. The Morgan fingerprint density at radius 2 is 1.67 bits per heavy atom. The highest BCUT2D eigenvalue weighted by Gasteiger charge is 2.45. The second kappa shape index (κ2) is 9.61. The van der Waals surface area contributed by atoms with E-state index in [9.17, 15) is 14.7 Å². The lowest BCUT2D eigenvalue weighted by molar-refractivity contribution is -0.139. The minimum Gasteiger partial charge on any atom is -0.507 e. The van der Waals surface area contributed by atoms with Gasteiger partial charge in [0.1, 0.15) is 11.5 Å². The quantitative estimate of drug-likeness (QED) is 0.289. The van der Waals surface area contributed by atoms with Gasteiger partial charge in [-0.05, 0) is 31.0 Å². The van der Waals surface area contributed by atoms with Crippen LogP contribution in [0.5, 0.6) is 5.75 Å². The fourth-order valence-electron chi connectivity index (χ4n) is 3.82. The average molecular weight is 408 g/mol. The largest absolute Gasteiger partial charge is 0.507 e. The van der Waals surface area contributed by atoms with Crippen LogP contribution in [0.4, 0.5) is 0 Å². The summed E-state index contributed by atoms with van der Waals surface area (Å²) in [5.41, 5.74) is 2.50. The number of hydrogen-bond donors (Lipinski definition) is 1. The van der Waals surface area contributed by atoms with Crippen molar-refractivity contribution in [2.45, 2.75) is 45.6 Å². The van der Waals surface area contributed by atoms with Gasteiger partial charge in [-0.15, -0.1) is 0 Å². The molecule has 5 heteroatoms. The molecule has 1 atom stereocenters. The Bertz CT molecular complexity index is 929. The fourth-order valence-corrected chi connectivity index (χ4v) is 3.82. The van der Waals surface area contributed by atoms with E-state index in [1.807, 2.05) is 31.2 Å². The highest BCUT2D eigenvalue weighted by Crippen LogP contribution is 2.40. The van der Waals surface area contributed by atoms with E-state index in [0.717, 1.165) is 36.8 Å². The fraction of sp³-hybridized carbons (Fsp3) is 0.360. The summed E-state index contributed by atoms with van der Waals surface area (Å²) in [5.74, 6) is -0.632. The van der Waals surface area contributed by atoms with E-state index in [4.69, 9.17) is 4.74 Å². The third-order valence-corrected chi connectivity index (χ3v) is 5.55. The van der Waals surface area contributed by atoms with Gasteiger partial charge in [-0.3, -0.25) is 9.59 Å². The molecular weight excluding hydrogens is 378 g/mol. The Labute approximate surface area is 178 Å². The molecule has 0 aliphatic carbocycles. The van der Waals surface area contributed by atoms with Crippen molar-refractivity contribution < 1.29 is 19.4 Å². The molecule has 0 saturated carbocycles. The van der Waals surface area contributed by atoms with Crippen molar-refractivity contribution in [3.05, 3.63) is 70.8 Å². The third-order valence-electron chi connectivity index (χ3n) is 5.55. The van der Waals surface area contributed by atoms with Gasteiger partial charge in [0, 0.05) is 12.1 Å². The lowest BCUT2D eigenvalue weighted by Crippen LogP contribution is -2.30. The number of ketones is 1. The highest BCUT2D eigenvalue weighted by molar-refractivity contribution is 6.46. The van der Waals surface area contributed by atoms with Crippen molar-refractivity contribution >= 4 is 17.4 Å². The number of methoxy groups -OCH3 is 1. The minimum atomic E-state index is -0.635. The van der Waals surface area contributed by atoms with Gasteiger partial charge in [-0.2, -0.15) is 0 Å². The van der Waals surface area contributed by atoms with E-state index in [2.05, 4.69) is 6.92 Å². The molecule has 2 aromatic rings. The van der Waals surface area contributed by atoms with Gasteiger partial charge in [0.05, 0.1) is 18.7 Å². The Balaban J connectivity index is 2.05. The Morgan fingerprint density at radius 1 is 1.00 bits per heavy atom. The number of hydrogen-bond acceptors (Lipinski definition) is 4. The van der Waals surface area contributed by atoms with Crippen molar-refractivity contribution in [2.75, 3.05) is 13.7 Å². The number of carbonyl (C=O) groups is 2. The molecule has 0 bridgehead atoms. The van der Waals surface area contributed by atoms with Crippen LogP contribution in [0.25, 0.3) is 5.76 Å². The number of aliphatic hydroxyl groups excluding tert-OH is 1. The zero-order chi connectivity index (χ0) is 21.7. The van der Waals surface area contributed by atoms with Crippen LogP contribution in [-0.2, 0) is 9.59 Å². The van der Waals surface area contributed by atoms with Gasteiger partial charge < -0.3 is 14.7 Å². The Hall–Kier alpha value is -3.08. The van der Waals surface area contributed by atoms with Crippen LogP contribution in [-0.4, -0.2) is 35.4 Å². The normalized spacial score (nSPS) is 18.1. The van der Waals surface area contributed by atoms with Gasteiger partial charge >= 0.3 is 0 Å². The van der Waals surface area contributed by atoms with Crippen molar-refractivity contribution in [2.24, 2.45) is 0 Å². The zero-order valence-electron chi connectivity index (χ0n) is 17.9. The molecule has 1 aliphatic rings. The minimum absolute atomic E-state index is 0.134. The van der Waals surface area contributed by atoms with Crippen LogP contribution in [0.1, 0.15) is 55.3 Å². The summed E-state index contributed by atoms with van der Waals surface area (Å²) in [6.07, 6.45) is 3.99. The van der Waals surface area contributed by atoms with E-state index in [0.29, 0.717) is 17.9 Å². The topological polar surface area (TPSA) is 66.8 Å². The third kappa shape index (κ3) is 4.40. The molecule has 1 N–H and O–H groups in total. The summed E-state index contributed by atoms with van der Waals surface area (Å²) in [6, 6.07) is 14.0. The number of aliphatic hydroxyl groups is 1. The number of aryl methyl sites for hydroxylation is 1. The summed E-state index contributed by atoms with van der Waals surface area (Å²) >= 11 is 0. The van der Waals surface area contributed by atoms with Crippen LogP contribution in [0.3, 0.4) is 0 Å². The number of unbranched alkanes of at least 4 members (excludes halogenated alkanes) is 3. The molecule has 1 amide bonds. The van der Waals surface area contributed by atoms with E-state index >= 15 is 0 Å². The Kier molecular flexibility index (Phi) is 6.93. The first kappa shape index (κ1) is 21.6. The Morgan fingerprint density at radius 3 is 2.27 bits per heavy atom. The smallest absolute Gasteiger partial charge is 0.295 e. The number of ether oxygens (including phenoxy) is 1. The monoisotopic (exact) mass is 407 g/mol. The summed E-state index contributed by atoms with van der Waals surface area (Å²) in [4.78, 5) is 27.4. The number of carbonyl (C=O) groups excluding carboxylic acids is 2. The molecule has 3 rings (SSSR count). The van der Waals surface area contributed by atoms with Crippen LogP contribution in [0.2, 0.25) is 0 Å². The van der Waals surface area contributed by atoms with E-state index in [1.165, 1.54) is 0 Å². The second-order valence-corrected chi connectivity index (χ2v) is 7.69. The molecule has 1 aliphatic heterocycles. The lowest BCUT2D eigenvalue weighted by Gasteiger charge is -2.25. The van der Waals surface area contributed by atoms with Crippen LogP contribution < -0.4 is 4.74 Å². The van der Waals surface area contributed by atoms with Gasteiger partial charge in [0.25, 0.3) is 11.7 Å². The van der Waals surface area contributed by atoms with Gasteiger partial charge in [0.15, 0.2) is 0 Å². The van der Waals surface area contributed by atoms with Crippen LogP contribution in [0, 0.1) is 6.92 Å². The first-order chi connectivity index (χ1) is 14.5. The van der Waals surface area contributed by atoms with Gasteiger partial charge in [-0.1, -0.05) is 68.1 Å². The molecule has 1 heterocycles. The molecule has 0 radical (unpaired) electrons. The first-order valence-electron chi connectivity index (χ1n) is 10.5. The predicted octanol–water partition coefficient (Wildman–Crippen LogP) is 5.01. The number of nitrogens with zero attached hydrogens (tertiary/aromatic N) is 1. The predicted molar refractivity (Wildman–Crippen MR) is 117 cm³/mol. The summed E-state index contributed by atoms with van der Waals surface area (Å²) in [7, 11) is 1.59. The zero-order valence-corrected chi connectivity index (χ0v) is 17.9. The number of amides is 1. The van der Waals surface area contributed by atoms with Crippen molar-refractivity contribution in [3.8, 4) is 5.75 Å². The van der Waals surface area contributed by atoms with Gasteiger partial charge in [-0.25, -0.2) is 0 Å². The number of rotatable bonds is 8. The molecule has 0 spiro atoms. The molecule has 1 saturated heterocycles. The highest BCUT2D eigenvalue weighted by atomic mass is 16.5. The average Bonchev–Trinajstić information content (AvgIpc) is 3.01. The van der Waals surface area contributed by atoms with E-state index in [1.54, 1.807) is 36.3 Å². The molecule has 0 aromatic heterocycles. The van der Waals surface area contributed by atoms with Crippen LogP contribution >= 0.6 is 0 Å². The maximum Gasteiger partial charge on any atom is 0.295 e. The van der Waals surface area contributed by atoms with E-state index < -0.39 is 17.7 Å². The van der Waals surface area contributed by atoms with Gasteiger partial charge in [0.2, 0.25) is 0 Å².